The van der Waals surface area contributed by atoms with E-state index in [4.69, 9.17) is 0 Å². The zero-order chi connectivity index (χ0) is 10.9. The summed E-state index contributed by atoms with van der Waals surface area (Å²) in [7, 11) is 0. The van der Waals surface area contributed by atoms with Crippen LogP contribution in [0.2, 0.25) is 0 Å². The SMILES string of the molecule is CSC(C)CCNCCc1cccnc1. The van der Waals surface area contributed by atoms with Gasteiger partial charge in [0.2, 0.25) is 0 Å². The van der Waals surface area contributed by atoms with E-state index in [1.807, 2.05) is 30.2 Å². The summed E-state index contributed by atoms with van der Waals surface area (Å²) in [6, 6.07) is 4.12. The molecule has 84 valence electrons. The maximum atomic E-state index is 4.09. The highest BCUT2D eigenvalue weighted by atomic mass is 32.2. The summed E-state index contributed by atoms with van der Waals surface area (Å²) in [6.07, 6.45) is 8.24. The van der Waals surface area contributed by atoms with Gasteiger partial charge in [0.05, 0.1) is 0 Å². The van der Waals surface area contributed by atoms with Crippen LogP contribution in [-0.2, 0) is 6.42 Å². The molecule has 0 aliphatic carbocycles. The quantitative estimate of drug-likeness (QED) is 0.720. The Balaban J connectivity index is 2.03. The fourth-order valence-corrected chi connectivity index (χ4v) is 1.68. The molecule has 0 saturated heterocycles. The molecule has 0 fully saturated rings. The number of nitrogens with one attached hydrogen (secondary N) is 1. The highest BCUT2D eigenvalue weighted by Gasteiger charge is 1.97. The van der Waals surface area contributed by atoms with Crippen molar-refractivity contribution in [2.45, 2.75) is 25.0 Å². The van der Waals surface area contributed by atoms with Gasteiger partial charge in [-0.15, -0.1) is 0 Å². The number of pyridine rings is 1. The van der Waals surface area contributed by atoms with Crippen LogP contribution in [0.4, 0.5) is 0 Å². The molecule has 3 heteroatoms. The van der Waals surface area contributed by atoms with Gasteiger partial charge in [-0.3, -0.25) is 4.98 Å². The van der Waals surface area contributed by atoms with Gasteiger partial charge in [0.25, 0.3) is 0 Å². The van der Waals surface area contributed by atoms with Gasteiger partial charge in [0.1, 0.15) is 0 Å². The smallest absolute Gasteiger partial charge is 0.0300 e. The number of rotatable bonds is 7. The van der Waals surface area contributed by atoms with Gasteiger partial charge in [-0.2, -0.15) is 11.8 Å². The van der Waals surface area contributed by atoms with Crippen molar-refractivity contribution in [3.63, 3.8) is 0 Å². The fraction of sp³-hybridized carbons (Fsp3) is 0.583. The number of hydrogen-bond acceptors (Lipinski definition) is 3. The molecule has 15 heavy (non-hydrogen) atoms. The minimum atomic E-state index is 0.760. The van der Waals surface area contributed by atoms with Gasteiger partial charge < -0.3 is 5.32 Å². The minimum Gasteiger partial charge on any atom is -0.316 e. The van der Waals surface area contributed by atoms with Crippen molar-refractivity contribution in [3.8, 4) is 0 Å². The van der Waals surface area contributed by atoms with Crippen LogP contribution in [0.25, 0.3) is 0 Å². The molecular weight excluding hydrogens is 204 g/mol. The first-order chi connectivity index (χ1) is 7.33. The van der Waals surface area contributed by atoms with Crippen LogP contribution in [-0.4, -0.2) is 29.6 Å². The molecule has 0 spiro atoms. The van der Waals surface area contributed by atoms with Crippen molar-refractivity contribution >= 4 is 11.8 Å². The average Bonchev–Trinajstić information content (AvgIpc) is 2.29. The second kappa shape index (κ2) is 7.71. The number of aromatic nitrogens is 1. The average molecular weight is 224 g/mol. The fourth-order valence-electron chi connectivity index (χ4n) is 1.33. The third kappa shape index (κ3) is 5.80. The molecule has 0 aromatic carbocycles. The van der Waals surface area contributed by atoms with E-state index >= 15 is 0 Å². The lowest BCUT2D eigenvalue weighted by Crippen LogP contribution is -2.20. The molecule has 1 heterocycles. The Labute approximate surface area is 96.9 Å². The first-order valence-corrected chi connectivity index (χ1v) is 6.74. The van der Waals surface area contributed by atoms with Crippen LogP contribution in [0.15, 0.2) is 24.5 Å². The molecule has 0 saturated carbocycles. The van der Waals surface area contributed by atoms with E-state index in [2.05, 4.69) is 29.5 Å². The summed E-state index contributed by atoms with van der Waals surface area (Å²) in [5.41, 5.74) is 1.31. The molecule has 1 N–H and O–H groups in total. The van der Waals surface area contributed by atoms with Crippen molar-refractivity contribution in [3.05, 3.63) is 30.1 Å². The summed E-state index contributed by atoms with van der Waals surface area (Å²) in [4.78, 5) is 4.09. The van der Waals surface area contributed by atoms with Gasteiger partial charge in [0.15, 0.2) is 0 Å². The van der Waals surface area contributed by atoms with Crippen LogP contribution >= 0.6 is 11.8 Å². The molecule has 1 unspecified atom stereocenters. The number of nitrogens with zero attached hydrogens (tertiary/aromatic N) is 1. The van der Waals surface area contributed by atoms with Gasteiger partial charge in [0, 0.05) is 17.6 Å². The van der Waals surface area contributed by atoms with Gasteiger partial charge >= 0.3 is 0 Å². The second-order valence-corrected chi connectivity index (χ2v) is 4.97. The minimum absolute atomic E-state index is 0.760. The van der Waals surface area contributed by atoms with E-state index in [1.165, 1.54) is 12.0 Å². The molecule has 0 bridgehead atoms. The molecule has 1 aromatic heterocycles. The van der Waals surface area contributed by atoms with E-state index in [9.17, 15) is 0 Å². The highest BCUT2D eigenvalue weighted by Crippen LogP contribution is 2.07. The van der Waals surface area contributed by atoms with Gasteiger partial charge in [-0.1, -0.05) is 13.0 Å². The van der Waals surface area contributed by atoms with Crippen LogP contribution < -0.4 is 5.32 Å². The Morgan fingerprint density at radius 2 is 2.33 bits per heavy atom. The zero-order valence-electron chi connectivity index (χ0n) is 9.57. The van der Waals surface area contributed by atoms with Crippen LogP contribution in [0.3, 0.4) is 0 Å². The van der Waals surface area contributed by atoms with Crippen LogP contribution in [0, 0.1) is 0 Å². The lowest BCUT2D eigenvalue weighted by molar-refractivity contribution is 0.646. The van der Waals surface area contributed by atoms with Crippen molar-refractivity contribution in [2.24, 2.45) is 0 Å². The van der Waals surface area contributed by atoms with Crippen LogP contribution in [0.5, 0.6) is 0 Å². The summed E-state index contributed by atoms with van der Waals surface area (Å²) in [6.45, 7) is 4.43. The third-order valence-corrected chi connectivity index (χ3v) is 3.48. The van der Waals surface area contributed by atoms with E-state index in [0.29, 0.717) is 0 Å². The number of thioether (sulfide) groups is 1. The predicted molar refractivity (Wildman–Crippen MR) is 68.4 cm³/mol. The Hall–Kier alpha value is -0.540. The van der Waals surface area contributed by atoms with E-state index < -0.39 is 0 Å². The Bertz CT molecular complexity index is 251. The molecule has 0 amide bonds. The summed E-state index contributed by atoms with van der Waals surface area (Å²) in [5, 5.41) is 4.22. The molecule has 0 aliphatic rings. The van der Waals surface area contributed by atoms with E-state index in [1.54, 1.807) is 0 Å². The predicted octanol–water partition coefficient (Wildman–Crippen LogP) is 2.36. The third-order valence-electron chi connectivity index (χ3n) is 2.44. The largest absolute Gasteiger partial charge is 0.316 e. The lowest BCUT2D eigenvalue weighted by atomic mass is 10.2. The van der Waals surface area contributed by atoms with Gasteiger partial charge in [-0.25, -0.2) is 0 Å². The Morgan fingerprint density at radius 1 is 1.47 bits per heavy atom. The number of hydrogen-bond donors (Lipinski definition) is 1. The summed E-state index contributed by atoms with van der Waals surface area (Å²) < 4.78 is 0. The van der Waals surface area contributed by atoms with E-state index in [-0.39, 0.29) is 0 Å². The molecule has 1 rings (SSSR count). The standard InChI is InChI=1S/C12H20N2S/c1-11(15-2)5-8-13-9-6-12-4-3-7-14-10-12/h3-4,7,10-11,13H,5-6,8-9H2,1-2H3. The first kappa shape index (κ1) is 12.5. The normalized spacial score (nSPS) is 12.7. The van der Waals surface area contributed by atoms with Crippen LogP contribution in [0.1, 0.15) is 18.9 Å². The Kier molecular flexibility index (Phi) is 6.44. The topological polar surface area (TPSA) is 24.9 Å². The molecular formula is C12H20N2S. The molecule has 0 aliphatic heterocycles. The van der Waals surface area contributed by atoms with Crippen molar-refractivity contribution < 1.29 is 0 Å². The molecule has 2 nitrogen and oxygen atoms in total. The highest BCUT2D eigenvalue weighted by molar-refractivity contribution is 7.99. The Morgan fingerprint density at radius 3 is 3.00 bits per heavy atom. The van der Waals surface area contributed by atoms with Crippen molar-refractivity contribution in [1.82, 2.24) is 10.3 Å². The van der Waals surface area contributed by atoms with Crippen molar-refractivity contribution in [2.75, 3.05) is 19.3 Å². The molecule has 0 radical (unpaired) electrons. The zero-order valence-corrected chi connectivity index (χ0v) is 10.4. The second-order valence-electron chi connectivity index (χ2n) is 3.70. The van der Waals surface area contributed by atoms with Gasteiger partial charge in [-0.05, 0) is 43.8 Å². The maximum absolute atomic E-state index is 4.09. The summed E-state index contributed by atoms with van der Waals surface area (Å²) >= 11 is 1.93. The molecule has 1 aromatic rings. The maximum Gasteiger partial charge on any atom is 0.0300 e. The lowest BCUT2D eigenvalue weighted by Gasteiger charge is -2.08. The molecule has 1 atom stereocenters. The van der Waals surface area contributed by atoms with Crippen molar-refractivity contribution in [1.29, 1.82) is 0 Å². The monoisotopic (exact) mass is 224 g/mol. The summed E-state index contributed by atoms with van der Waals surface area (Å²) in [5.74, 6) is 0. The van der Waals surface area contributed by atoms with E-state index in [0.717, 1.165) is 24.8 Å². The first-order valence-electron chi connectivity index (χ1n) is 5.45.